The van der Waals surface area contributed by atoms with E-state index in [1.807, 2.05) is 32.0 Å². The van der Waals surface area contributed by atoms with Crippen molar-refractivity contribution in [3.8, 4) is 5.88 Å². The summed E-state index contributed by atoms with van der Waals surface area (Å²) in [4.78, 5) is 10.8. The fraction of sp³-hybridized carbons (Fsp3) is 0.471. The number of rotatable bonds is 4. The maximum atomic E-state index is 5.93. The molecule has 2 aromatic heterocycles. The molecule has 0 amide bonds. The Bertz CT molecular complexity index is 679. The van der Waals surface area contributed by atoms with Gasteiger partial charge in [-0.1, -0.05) is 11.2 Å². The van der Waals surface area contributed by atoms with Gasteiger partial charge in [0.1, 0.15) is 11.9 Å². The van der Waals surface area contributed by atoms with E-state index in [1.54, 1.807) is 13.2 Å². The minimum Gasteiger partial charge on any atom is -0.472 e. The van der Waals surface area contributed by atoms with Gasteiger partial charge in [0.05, 0.1) is 12.2 Å². The summed E-state index contributed by atoms with van der Waals surface area (Å²) in [5, 5.41) is 7.37. The zero-order valence-corrected chi connectivity index (χ0v) is 14.3. The van der Waals surface area contributed by atoms with Crippen LogP contribution in [0.3, 0.4) is 0 Å². The molecule has 1 aliphatic heterocycles. The number of likely N-dealkylation sites (tertiary alicyclic amines) is 1. The monoisotopic (exact) mass is 329 g/mol. The standard InChI is InChI=1S/C17H23N5O2/c1-12-15(13(2)24-21-12)10-20-17(18-3)22-9-7-14(11-22)23-16-6-4-5-8-19-16/h4-6,8,14H,7,9-11H2,1-3H3,(H,18,20). The first kappa shape index (κ1) is 16.3. The molecule has 1 saturated heterocycles. The van der Waals surface area contributed by atoms with Crippen LogP contribution < -0.4 is 10.1 Å². The first-order valence-corrected chi connectivity index (χ1v) is 8.12. The summed E-state index contributed by atoms with van der Waals surface area (Å²) in [6.07, 6.45) is 2.81. The summed E-state index contributed by atoms with van der Waals surface area (Å²) < 4.78 is 11.1. The van der Waals surface area contributed by atoms with Crippen molar-refractivity contribution in [2.24, 2.45) is 4.99 Å². The average Bonchev–Trinajstić information content (AvgIpc) is 3.17. The van der Waals surface area contributed by atoms with Crippen LogP contribution in [-0.2, 0) is 6.54 Å². The molecular weight excluding hydrogens is 306 g/mol. The second-order valence-electron chi connectivity index (χ2n) is 5.85. The van der Waals surface area contributed by atoms with E-state index >= 15 is 0 Å². The van der Waals surface area contributed by atoms with Gasteiger partial charge < -0.3 is 19.5 Å². The van der Waals surface area contributed by atoms with E-state index in [9.17, 15) is 0 Å². The number of hydrogen-bond donors (Lipinski definition) is 1. The molecule has 3 heterocycles. The Morgan fingerprint density at radius 3 is 3.00 bits per heavy atom. The Hall–Kier alpha value is -2.57. The van der Waals surface area contributed by atoms with Crippen LogP contribution in [0.25, 0.3) is 0 Å². The van der Waals surface area contributed by atoms with E-state index in [0.29, 0.717) is 12.4 Å². The number of nitrogens with one attached hydrogen (secondary N) is 1. The summed E-state index contributed by atoms with van der Waals surface area (Å²) in [6.45, 7) is 6.21. The highest BCUT2D eigenvalue weighted by Crippen LogP contribution is 2.17. The Kier molecular flexibility index (Phi) is 4.98. The van der Waals surface area contributed by atoms with Crippen molar-refractivity contribution < 1.29 is 9.26 Å². The van der Waals surface area contributed by atoms with Crippen LogP contribution in [-0.4, -0.2) is 47.2 Å². The molecule has 1 N–H and O–H groups in total. The fourth-order valence-electron chi connectivity index (χ4n) is 2.86. The lowest BCUT2D eigenvalue weighted by atomic mass is 10.2. The third-order valence-electron chi connectivity index (χ3n) is 4.19. The number of nitrogens with zero attached hydrogens (tertiary/aromatic N) is 4. The number of guanidine groups is 1. The second-order valence-corrected chi connectivity index (χ2v) is 5.85. The van der Waals surface area contributed by atoms with Crippen molar-refractivity contribution in [3.05, 3.63) is 41.4 Å². The third-order valence-corrected chi connectivity index (χ3v) is 4.19. The topological polar surface area (TPSA) is 75.8 Å². The molecule has 2 aromatic rings. The first-order valence-electron chi connectivity index (χ1n) is 8.12. The zero-order valence-electron chi connectivity index (χ0n) is 14.3. The van der Waals surface area contributed by atoms with Gasteiger partial charge in [-0.2, -0.15) is 0 Å². The van der Waals surface area contributed by atoms with E-state index in [1.165, 1.54) is 0 Å². The minimum atomic E-state index is 0.123. The van der Waals surface area contributed by atoms with Gasteiger partial charge in [-0.15, -0.1) is 0 Å². The van der Waals surface area contributed by atoms with Crippen molar-refractivity contribution in [2.75, 3.05) is 20.1 Å². The predicted molar refractivity (Wildman–Crippen MR) is 91.0 cm³/mol. The van der Waals surface area contributed by atoms with E-state index in [2.05, 4.69) is 25.3 Å². The van der Waals surface area contributed by atoms with E-state index in [-0.39, 0.29) is 6.10 Å². The van der Waals surface area contributed by atoms with Gasteiger partial charge in [0.25, 0.3) is 0 Å². The number of aliphatic imine (C=N–C) groups is 1. The van der Waals surface area contributed by atoms with Crippen LogP contribution in [0, 0.1) is 13.8 Å². The van der Waals surface area contributed by atoms with Gasteiger partial charge in [-0.25, -0.2) is 4.98 Å². The van der Waals surface area contributed by atoms with Gasteiger partial charge in [0.2, 0.25) is 5.88 Å². The smallest absolute Gasteiger partial charge is 0.213 e. The molecule has 1 unspecified atom stereocenters. The molecule has 0 aliphatic carbocycles. The van der Waals surface area contributed by atoms with Crippen LogP contribution in [0.1, 0.15) is 23.4 Å². The third kappa shape index (κ3) is 3.67. The summed E-state index contributed by atoms with van der Waals surface area (Å²) in [7, 11) is 1.79. The lowest BCUT2D eigenvalue weighted by Crippen LogP contribution is -2.40. The first-order chi connectivity index (χ1) is 11.7. The lowest BCUT2D eigenvalue weighted by Gasteiger charge is -2.21. The molecular formula is C17H23N5O2. The van der Waals surface area contributed by atoms with Crippen molar-refractivity contribution in [1.82, 2.24) is 20.4 Å². The van der Waals surface area contributed by atoms with Gasteiger partial charge >= 0.3 is 0 Å². The molecule has 0 aromatic carbocycles. The highest BCUT2D eigenvalue weighted by atomic mass is 16.5. The fourth-order valence-corrected chi connectivity index (χ4v) is 2.86. The van der Waals surface area contributed by atoms with Crippen LogP contribution in [0.15, 0.2) is 33.9 Å². The maximum absolute atomic E-state index is 5.93. The van der Waals surface area contributed by atoms with Crippen LogP contribution >= 0.6 is 0 Å². The quantitative estimate of drug-likeness (QED) is 0.682. The van der Waals surface area contributed by atoms with Crippen LogP contribution in [0.2, 0.25) is 0 Å². The second kappa shape index (κ2) is 7.33. The normalized spacial score (nSPS) is 18.0. The largest absolute Gasteiger partial charge is 0.472 e. The summed E-state index contributed by atoms with van der Waals surface area (Å²) in [5.74, 6) is 2.37. The van der Waals surface area contributed by atoms with Crippen molar-refractivity contribution >= 4 is 5.96 Å². The number of hydrogen-bond acceptors (Lipinski definition) is 5. The number of aryl methyl sites for hydroxylation is 2. The van der Waals surface area contributed by atoms with E-state index in [4.69, 9.17) is 9.26 Å². The lowest BCUT2D eigenvalue weighted by molar-refractivity contribution is 0.205. The number of pyridine rings is 1. The molecule has 1 fully saturated rings. The molecule has 128 valence electrons. The highest BCUT2D eigenvalue weighted by Gasteiger charge is 2.26. The Morgan fingerprint density at radius 1 is 1.46 bits per heavy atom. The van der Waals surface area contributed by atoms with Gasteiger partial charge in [0.15, 0.2) is 5.96 Å². The molecule has 7 heteroatoms. The predicted octanol–water partition coefficient (Wildman–Crippen LogP) is 1.92. The van der Waals surface area contributed by atoms with Crippen molar-refractivity contribution in [3.63, 3.8) is 0 Å². The molecule has 1 aliphatic rings. The summed E-state index contributed by atoms with van der Waals surface area (Å²) in [5.41, 5.74) is 1.99. The summed E-state index contributed by atoms with van der Waals surface area (Å²) in [6, 6.07) is 5.70. The molecule has 0 bridgehead atoms. The average molecular weight is 329 g/mol. The SMILES string of the molecule is CN=C(NCc1c(C)noc1C)N1CCC(Oc2ccccn2)C1. The van der Waals surface area contributed by atoms with E-state index < -0.39 is 0 Å². The Labute approximate surface area is 141 Å². The molecule has 1 atom stereocenters. The maximum Gasteiger partial charge on any atom is 0.213 e. The Balaban J connectivity index is 1.55. The number of ether oxygens (including phenoxy) is 1. The number of aromatic nitrogens is 2. The minimum absolute atomic E-state index is 0.123. The Morgan fingerprint density at radius 2 is 2.33 bits per heavy atom. The molecule has 3 rings (SSSR count). The molecule has 0 saturated carbocycles. The van der Waals surface area contributed by atoms with Crippen molar-refractivity contribution in [1.29, 1.82) is 0 Å². The molecule has 0 spiro atoms. The highest BCUT2D eigenvalue weighted by molar-refractivity contribution is 5.80. The van der Waals surface area contributed by atoms with Crippen LogP contribution in [0.5, 0.6) is 5.88 Å². The zero-order chi connectivity index (χ0) is 16.9. The molecule has 0 radical (unpaired) electrons. The van der Waals surface area contributed by atoms with Gasteiger partial charge in [0, 0.05) is 44.4 Å². The van der Waals surface area contributed by atoms with Gasteiger partial charge in [-0.3, -0.25) is 4.99 Å². The molecule has 7 nitrogen and oxygen atoms in total. The van der Waals surface area contributed by atoms with Gasteiger partial charge in [-0.05, 0) is 19.9 Å². The summed E-state index contributed by atoms with van der Waals surface area (Å²) >= 11 is 0. The van der Waals surface area contributed by atoms with Crippen molar-refractivity contribution in [2.45, 2.75) is 32.9 Å². The van der Waals surface area contributed by atoms with E-state index in [0.717, 1.165) is 42.5 Å². The van der Waals surface area contributed by atoms with Crippen LogP contribution in [0.4, 0.5) is 0 Å². The molecule has 24 heavy (non-hydrogen) atoms.